The minimum atomic E-state index is -1.55. The molecule has 0 spiro atoms. The highest BCUT2D eigenvalue weighted by molar-refractivity contribution is 5.95. The smallest absolute Gasteiger partial charge is 0.326 e. The van der Waals surface area contributed by atoms with Gasteiger partial charge in [0.2, 0.25) is 17.7 Å². The summed E-state index contributed by atoms with van der Waals surface area (Å²) in [6, 6.07) is -5.95. The van der Waals surface area contributed by atoms with E-state index < -0.39 is 104 Å². The molecule has 15 nitrogen and oxygen atoms in total. The number of aliphatic carboxylic acids is 4. The summed E-state index contributed by atoms with van der Waals surface area (Å²) in [5.41, 5.74) is 5.45. The molecule has 0 bridgehead atoms. The van der Waals surface area contributed by atoms with Gasteiger partial charge in [0.05, 0.1) is 12.5 Å². The van der Waals surface area contributed by atoms with Gasteiger partial charge in [-0.2, -0.15) is 0 Å². The molecule has 0 aliphatic rings. The Kier molecular flexibility index (Phi) is 13.6. The Morgan fingerprint density at radius 2 is 1.14 bits per heavy atom. The fourth-order valence-electron chi connectivity index (χ4n) is 2.84. The predicted octanol–water partition coefficient (Wildman–Crippen LogP) is -1.90. The molecule has 9 N–H and O–H groups in total. The number of carboxylic acids is 4. The van der Waals surface area contributed by atoms with Crippen LogP contribution in [0, 0.1) is 5.92 Å². The van der Waals surface area contributed by atoms with Gasteiger partial charge in [0, 0.05) is 12.8 Å². The first kappa shape index (κ1) is 31.2. The van der Waals surface area contributed by atoms with Crippen LogP contribution in [0.1, 0.15) is 52.4 Å². The molecule has 15 heteroatoms. The summed E-state index contributed by atoms with van der Waals surface area (Å²) in [5, 5.41) is 42.6. The molecule has 0 radical (unpaired) electrons. The summed E-state index contributed by atoms with van der Waals surface area (Å²) in [6.07, 6.45) is -2.43. The molecular formula is C20H32N4O11. The summed E-state index contributed by atoms with van der Waals surface area (Å²) in [5.74, 6) is -8.96. The third-order valence-electron chi connectivity index (χ3n) is 5.07. The van der Waals surface area contributed by atoms with E-state index in [0.717, 1.165) is 0 Å². The molecule has 0 aromatic carbocycles. The average molecular weight is 504 g/mol. The number of amides is 3. The van der Waals surface area contributed by atoms with Crippen molar-refractivity contribution >= 4 is 41.6 Å². The van der Waals surface area contributed by atoms with Crippen LogP contribution < -0.4 is 21.7 Å². The number of hydrogen-bond donors (Lipinski definition) is 8. The first-order chi connectivity index (χ1) is 16.2. The fraction of sp³-hybridized carbons (Fsp3) is 0.650. The van der Waals surface area contributed by atoms with Gasteiger partial charge in [0.1, 0.15) is 18.1 Å². The number of rotatable bonds is 17. The molecule has 0 rings (SSSR count). The molecular weight excluding hydrogens is 472 g/mol. The van der Waals surface area contributed by atoms with Crippen molar-refractivity contribution in [2.45, 2.75) is 76.5 Å². The van der Waals surface area contributed by atoms with Crippen LogP contribution in [0.2, 0.25) is 0 Å². The van der Waals surface area contributed by atoms with Gasteiger partial charge in [-0.05, 0) is 18.8 Å². The van der Waals surface area contributed by atoms with Crippen LogP contribution in [-0.2, 0) is 33.6 Å². The van der Waals surface area contributed by atoms with E-state index in [9.17, 15) is 38.7 Å². The van der Waals surface area contributed by atoms with E-state index in [1.54, 1.807) is 13.8 Å². The van der Waals surface area contributed by atoms with E-state index in [1.807, 2.05) is 0 Å². The molecule has 35 heavy (non-hydrogen) atoms. The van der Waals surface area contributed by atoms with Crippen molar-refractivity contribution < 1.29 is 54.0 Å². The summed E-state index contributed by atoms with van der Waals surface area (Å²) in [4.78, 5) is 81.9. The van der Waals surface area contributed by atoms with Crippen molar-refractivity contribution in [3.63, 3.8) is 0 Å². The second-order valence-electron chi connectivity index (χ2n) is 7.90. The summed E-state index contributed by atoms with van der Waals surface area (Å²) >= 11 is 0. The summed E-state index contributed by atoms with van der Waals surface area (Å²) < 4.78 is 0. The van der Waals surface area contributed by atoms with Crippen molar-refractivity contribution in [2.24, 2.45) is 11.7 Å². The maximum atomic E-state index is 12.8. The Morgan fingerprint density at radius 1 is 0.714 bits per heavy atom. The van der Waals surface area contributed by atoms with Gasteiger partial charge < -0.3 is 42.1 Å². The Hall–Kier alpha value is -3.75. The highest BCUT2D eigenvalue weighted by Crippen LogP contribution is 2.10. The largest absolute Gasteiger partial charge is 0.481 e. The van der Waals surface area contributed by atoms with Crippen molar-refractivity contribution in [1.82, 2.24) is 16.0 Å². The number of carboxylic acid groups (broad SMARTS) is 4. The first-order valence-corrected chi connectivity index (χ1v) is 10.7. The van der Waals surface area contributed by atoms with E-state index in [0.29, 0.717) is 6.42 Å². The maximum absolute atomic E-state index is 12.8. The van der Waals surface area contributed by atoms with E-state index in [2.05, 4.69) is 16.0 Å². The number of nitrogens with two attached hydrogens (primary N) is 1. The Bertz CT molecular complexity index is 817. The molecule has 0 aromatic rings. The molecule has 0 aliphatic heterocycles. The predicted molar refractivity (Wildman–Crippen MR) is 117 cm³/mol. The summed E-state index contributed by atoms with van der Waals surface area (Å²) in [7, 11) is 0. The van der Waals surface area contributed by atoms with Crippen LogP contribution in [-0.4, -0.2) is 86.2 Å². The molecule has 0 saturated carbocycles. The Balaban J connectivity index is 5.70. The van der Waals surface area contributed by atoms with Gasteiger partial charge in [-0.15, -0.1) is 0 Å². The van der Waals surface area contributed by atoms with Crippen molar-refractivity contribution in [1.29, 1.82) is 0 Å². The third-order valence-corrected chi connectivity index (χ3v) is 5.07. The lowest BCUT2D eigenvalue weighted by Gasteiger charge is -2.26. The monoisotopic (exact) mass is 504 g/mol. The van der Waals surface area contributed by atoms with Crippen LogP contribution in [0.4, 0.5) is 0 Å². The second kappa shape index (κ2) is 15.2. The molecule has 5 atom stereocenters. The zero-order chi connectivity index (χ0) is 27.3. The van der Waals surface area contributed by atoms with Gasteiger partial charge >= 0.3 is 23.9 Å². The highest BCUT2D eigenvalue weighted by atomic mass is 16.4. The fourth-order valence-corrected chi connectivity index (χ4v) is 2.84. The number of hydrogen-bond acceptors (Lipinski definition) is 8. The van der Waals surface area contributed by atoms with E-state index in [-0.39, 0.29) is 0 Å². The van der Waals surface area contributed by atoms with E-state index >= 15 is 0 Å². The highest BCUT2D eigenvalue weighted by Gasteiger charge is 2.32. The topological polar surface area (TPSA) is 263 Å². The van der Waals surface area contributed by atoms with Gasteiger partial charge in [-0.1, -0.05) is 20.3 Å². The van der Waals surface area contributed by atoms with Crippen LogP contribution >= 0.6 is 0 Å². The SMILES string of the molecule is CCC(C)C(NC(=O)C(CCC(=O)O)NC(=O)C(CCC(=O)O)NC(=O)C(N)CC(=O)O)C(=O)O. The van der Waals surface area contributed by atoms with Crippen LogP contribution in [0.25, 0.3) is 0 Å². The lowest BCUT2D eigenvalue weighted by molar-refractivity contribution is -0.144. The zero-order valence-electron chi connectivity index (χ0n) is 19.4. The molecule has 3 amide bonds. The molecule has 198 valence electrons. The third kappa shape index (κ3) is 12.3. The molecule has 0 fully saturated rings. The van der Waals surface area contributed by atoms with Gasteiger partial charge in [-0.3, -0.25) is 28.8 Å². The summed E-state index contributed by atoms with van der Waals surface area (Å²) in [6.45, 7) is 3.27. The van der Waals surface area contributed by atoms with Gasteiger partial charge in [0.15, 0.2) is 0 Å². The molecule has 0 saturated heterocycles. The van der Waals surface area contributed by atoms with Crippen LogP contribution in [0.3, 0.4) is 0 Å². The van der Waals surface area contributed by atoms with Crippen molar-refractivity contribution in [3.05, 3.63) is 0 Å². The molecule has 0 aromatic heterocycles. The minimum Gasteiger partial charge on any atom is -0.481 e. The van der Waals surface area contributed by atoms with Crippen molar-refractivity contribution in [2.75, 3.05) is 0 Å². The standard InChI is InChI=1S/C20H32N4O11/c1-3-9(2)16(20(34)35)24-19(33)12(5-7-14(27)28)23-18(32)11(4-6-13(25)26)22-17(31)10(21)8-15(29)30/h9-12,16H,3-8,21H2,1-2H3,(H,22,31)(H,23,32)(H,24,33)(H,25,26)(H,27,28)(H,29,30)(H,34,35). The Morgan fingerprint density at radius 3 is 1.51 bits per heavy atom. The number of carbonyl (C=O) groups is 7. The van der Waals surface area contributed by atoms with Crippen LogP contribution in [0.5, 0.6) is 0 Å². The zero-order valence-corrected chi connectivity index (χ0v) is 19.4. The quantitative estimate of drug-likeness (QED) is 0.108. The lowest BCUT2D eigenvalue weighted by Crippen LogP contribution is -2.58. The maximum Gasteiger partial charge on any atom is 0.326 e. The van der Waals surface area contributed by atoms with Crippen molar-refractivity contribution in [3.8, 4) is 0 Å². The second-order valence-corrected chi connectivity index (χ2v) is 7.90. The minimum absolute atomic E-state index is 0.392. The Labute approximate surface area is 200 Å². The number of nitrogens with one attached hydrogen (secondary N) is 3. The molecule has 0 aliphatic carbocycles. The van der Waals surface area contributed by atoms with E-state index in [1.165, 1.54) is 0 Å². The number of carbonyl (C=O) groups excluding carboxylic acids is 3. The average Bonchev–Trinajstić information content (AvgIpc) is 2.75. The lowest BCUT2D eigenvalue weighted by atomic mass is 9.98. The van der Waals surface area contributed by atoms with E-state index in [4.69, 9.17) is 21.1 Å². The first-order valence-electron chi connectivity index (χ1n) is 10.7. The van der Waals surface area contributed by atoms with Gasteiger partial charge in [0.25, 0.3) is 0 Å². The van der Waals surface area contributed by atoms with Crippen LogP contribution in [0.15, 0.2) is 0 Å². The molecule has 0 heterocycles. The molecule has 5 unspecified atom stereocenters. The normalized spacial score (nSPS) is 14.9. The van der Waals surface area contributed by atoms with Gasteiger partial charge in [-0.25, -0.2) is 4.79 Å².